The average Bonchev–Trinajstić information content (AvgIpc) is 2.25. The summed E-state index contributed by atoms with van der Waals surface area (Å²) >= 11 is 0. The molecule has 0 spiro atoms. The number of methoxy groups -OCH3 is 1. The zero-order chi connectivity index (χ0) is 10.9. The van der Waals surface area contributed by atoms with Gasteiger partial charge in [-0.25, -0.2) is 4.39 Å². The number of hydrogen-bond acceptors (Lipinski definition) is 2. The molecule has 3 heteroatoms. The van der Waals surface area contributed by atoms with Crippen molar-refractivity contribution in [2.45, 2.75) is 12.8 Å². The number of aryl methyl sites for hydroxylation is 1. The maximum atomic E-state index is 13.2. The van der Waals surface area contributed by atoms with Crippen LogP contribution in [0.3, 0.4) is 0 Å². The highest BCUT2D eigenvalue weighted by Crippen LogP contribution is 2.08. The highest BCUT2D eigenvalue weighted by Gasteiger charge is 1.99. The summed E-state index contributed by atoms with van der Waals surface area (Å²) in [5.41, 5.74) is 0.797. The SMILES string of the molecule is COCCNCCCc1ccccc1F. The van der Waals surface area contributed by atoms with Crippen LogP contribution in [0.5, 0.6) is 0 Å². The van der Waals surface area contributed by atoms with Crippen molar-refractivity contribution in [3.63, 3.8) is 0 Å². The molecule has 0 bridgehead atoms. The molecule has 1 aromatic rings. The van der Waals surface area contributed by atoms with Gasteiger partial charge in [-0.15, -0.1) is 0 Å². The van der Waals surface area contributed by atoms with Crippen LogP contribution in [0.4, 0.5) is 4.39 Å². The van der Waals surface area contributed by atoms with Crippen molar-refractivity contribution >= 4 is 0 Å². The van der Waals surface area contributed by atoms with E-state index in [4.69, 9.17) is 4.74 Å². The fourth-order valence-corrected chi connectivity index (χ4v) is 1.40. The smallest absolute Gasteiger partial charge is 0.126 e. The van der Waals surface area contributed by atoms with Crippen LogP contribution in [0.2, 0.25) is 0 Å². The highest BCUT2D eigenvalue weighted by molar-refractivity contribution is 5.17. The van der Waals surface area contributed by atoms with Crippen molar-refractivity contribution in [2.75, 3.05) is 26.8 Å². The molecule has 0 fully saturated rings. The molecule has 0 atom stereocenters. The van der Waals surface area contributed by atoms with Gasteiger partial charge in [0.25, 0.3) is 0 Å². The first kappa shape index (κ1) is 12.1. The Hall–Kier alpha value is -0.930. The molecule has 2 nitrogen and oxygen atoms in total. The first-order valence-corrected chi connectivity index (χ1v) is 5.27. The maximum absolute atomic E-state index is 13.2. The van der Waals surface area contributed by atoms with Gasteiger partial charge in [-0.05, 0) is 31.0 Å². The predicted molar refractivity (Wildman–Crippen MR) is 59.5 cm³/mol. The van der Waals surface area contributed by atoms with Crippen molar-refractivity contribution in [2.24, 2.45) is 0 Å². The Bertz CT molecular complexity index is 278. The van der Waals surface area contributed by atoms with E-state index in [2.05, 4.69) is 5.32 Å². The Morgan fingerprint density at radius 1 is 1.27 bits per heavy atom. The molecule has 1 N–H and O–H groups in total. The van der Waals surface area contributed by atoms with Gasteiger partial charge in [-0.3, -0.25) is 0 Å². The predicted octanol–water partition coefficient (Wildman–Crippen LogP) is 1.99. The zero-order valence-electron chi connectivity index (χ0n) is 9.13. The first-order chi connectivity index (χ1) is 7.34. The molecule has 0 aliphatic rings. The van der Waals surface area contributed by atoms with Crippen LogP contribution in [0.15, 0.2) is 24.3 Å². The third-order valence-corrected chi connectivity index (χ3v) is 2.24. The molecular weight excluding hydrogens is 193 g/mol. The average molecular weight is 211 g/mol. The summed E-state index contributed by atoms with van der Waals surface area (Å²) in [6.07, 6.45) is 1.73. The minimum atomic E-state index is -0.102. The summed E-state index contributed by atoms with van der Waals surface area (Å²) < 4.78 is 18.1. The van der Waals surface area contributed by atoms with E-state index in [1.54, 1.807) is 13.2 Å². The quantitative estimate of drug-likeness (QED) is 0.696. The van der Waals surface area contributed by atoms with Crippen molar-refractivity contribution < 1.29 is 9.13 Å². The molecule has 0 saturated heterocycles. The van der Waals surface area contributed by atoms with Gasteiger partial charge in [0.15, 0.2) is 0 Å². The van der Waals surface area contributed by atoms with Crippen molar-refractivity contribution in [1.29, 1.82) is 0 Å². The lowest BCUT2D eigenvalue weighted by atomic mass is 10.1. The highest BCUT2D eigenvalue weighted by atomic mass is 19.1. The minimum absolute atomic E-state index is 0.102. The van der Waals surface area contributed by atoms with E-state index in [0.717, 1.165) is 38.1 Å². The fraction of sp³-hybridized carbons (Fsp3) is 0.500. The molecule has 0 aliphatic carbocycles. The molecule has 15 heavy (non-hydrogen) atoms. The van der Waals surface area contributed by atoms with E-state index in [0.29, 0.717) is 0 Å². The van der Waals surface area contributed by atoms with Gasteiger partial charge in [0.2, 0.25) is 0 Å². The molecule has 1 rings (SSSR count). The van der Waals surface area contributed by atoms with Gasteiger partial charge in [-0.1, -0.05) is 18.2 Å². The van der Waals surface area contributed by atoms with Gasteiger partial charge in [-0.2, -0.15) is 0 Å². The van der Waals surface area contributed by atoms with Crippen LogP contribution in [0, 0.1) is 5.82 Å². The number of benzene rings is 1. The summed E-state index contributed by atoms with van der Waals surface area (Å²) in [4.78, 5) is 0. The number of halogens is 1. The Labute approximate surface area is 90.4 Å². The first-order valence-electron chi connectivity index (χ1n) is 5.27. The normalized spacial score (nSPS) is 10.5. The molecule has 0 unspecified atom stereocenters. The fourth-order valence-electron chi connectivity index (χ4n) is 1.40. The lowest BCUT2D eigenvalue weighted by Gasteiger charge is -2.04. The topological polar surface area (TPSA) is 21.3 Å². The van der Waals surface area contributed by atoms with Gasteiger partial charge < -0.3 is 10.1 Å². The number of rotatable bonds is 7. The van der Waals surface area contributed by atoms with Crippen LogP contribution >= 0.6 is 0 Å². The van der Waals surface area contributed by atoms with E-state index < -0.39 is 0 Å². The van der Waals surface area contributed by atoms with Crippen molar-refractivity contribution in [1.82, 2.24) is 5.32 Å². The summed E-state index contributed by atoms with van der Waals surface area (Å²) in [6.45, 7) is 2.48. The summed E-state index contributed by atoms with van der Waals surface area (Å²) in [5.74, 6) is -0.102. The zero-order valence-corrected chi connectivity index (χ0v) is 9.13. The summed E-state index contributed by atoms with van der Waals surface area (Å²) in [5, 5.41) is 3.23. The third-order valence-electron chi connectivity index (χ3n) is 2.24. The molecule has 0 radical (unpaired) electrons. The van der Waals surface area contributed by atoms with Gasteiger partial charge >= 0.3 is 0 Å². The minimum Gasteiger partial charge on any atom is -0.383 e. The van der Waals surface area contributed by atoms with Gasteiger partial charge in [0, 0.05) is 13.7 Å². The second kappa shape index (κ2) is 7.37. The second-order valence-corrected chi connectivity index (χ2v) is 3.44. The molecule has 0 heterocycles. The Morgan fingerprint density at radius 2 is 2.07 bits per heavy atom. The monoisotopic (exact) mass is 211 g/mol. The van der Waals surface area contributed by atoms with Gasteiger partial charge in [0.05, 0.1) is 6.61 Å². The molecule has 0 aliphatic heterocycles. The van der Waals surface area contributed by atoms with Crippen LogP contribution in [0.25, 0.3) is 0 Å². The van der Waals surface area contributed by atoms with Gasteiger partial charge in [0.1, 0.15) is 5.82 Å². The summed E-state index contributed by atoms with van der Waals surface area (Å²) in [6, 6.07) is 6.94. The van der Waals surface area contributed by atoms with E-state index in [-0.39, 0.29) is 5.82 Å². The molecule has 84 valence electrons. The molecule has 1 aromatic carbocycles. The van der Waals surface area contributed by atoms with Crippen molar-refractivity contribution in [3.8, 4) is 0 Å². The standard InChI is InChI=1S/C12H18FNO/c1-15-10-9-14-8-4-6-11-5-2-3-7-12(11)13/h2-3,5,7,14H,4,6,8-10H2,1H3. The molecule has 0 saturated carbocycles. The Balaban J connectivity index is 2.12. The lowest BCUT2D eigenvalue weighted by Crippen LogP contribution is -2.20. The van der Waals surface area contributed by atoms with E-state index >= 15 is 0 Å². The Kier molecular flexibility index (Phi) is 5.97. The number of hydrogen-bond donors (Lipinski definition) is 1. The molecule has 0 aromatic heterocycles. The Morgan fingerprint density at radius 3 is 2.80 bits per heavy atom. The number of nitrogens with one attached hydrogen (secondary N) is 1. The van der Waals surface area contributed by atoms with E-state index in [1.807, 2.05) is 12.1 Å². The van der Waals surface area contributed by atoms with Crippen LogP contribution in [-0.2, 0) is 11.2 Å². The van der Waals surface area contributed by atoms with Crippen molar-refractivity contribution in [3.05, 3.63) is 35.6 Å². The summed E-state index contributed by atoms with van der Waals surface area (Å²) in [7, 11) is 1.68. The van der Waals surface area contributed by atoms with Crippen LogP contribution in [-0.4, -0.2) is 26.8 Å². The van der Waals surface area contributed by atoms with Crippen LogP contribution < -0.4 is 5.32 Å². The largest absolute Gasteiger partial charge is 0.383 e. The lowest BCUT2D eigenvalue weighted by molar-refractivity contribution is 0.199. The third kappa shape index (κ3) is 4.91. The van der Waals surface area contributed by atoms with Crippen LogP contribution in [0.1, 0.15) is 12.0 Å². The number of ether oxygens (including phenoxy) is 1. The molecular formula is C12H18FNO. The molecule has 0 amide bonds. The maximum Gasteiger partial charge on any atom is 0.126 e. The van der Waals surface area contributed by atoms with E-state index in [9.17, 15) is 4.39 Å². The van der Waals surface area contributed by atoms with E-state index in [1.165, 1.54) is 6.07 Å². The second-order valence-electron chi connectivity index (χ2n) is 3.44.